The molecule has 0 bridgehead atoms. The van der Waals surface area contributed by atoms with Crippen molar-refractivity contribution in [3.63, 3.8) is 0 Å². The van der Waals surface area contributed by atoms with Gasteiger partial charge in [0.05, 0.1) is 29.2 Å². The maximum Gasteiger partial charge on any atom is 0.214 e. The second kappa shape index (κ2) is 6.46. The van der Waals surface area contributed by atoms with Gasteiger partial charge in [0.25, 0.3) is 0 Å². The van der Waals surface area contributed by atoms with Crippen LogP contribution in [0.1, 0.15) is 0 Å². The molecule has 0 radical (unpaired) electrons. The Hall–Kier alpha value is -2.44. The largest absolute Gasteiger partial charge is 0.378 e. The van der Waals surface area contributed by atoms with Crippen LogP contribution in [0.25, 0.3) is 10.9 Å². The zero-order chi connectivity index (χ0) is 17.3. The van der Waals surface area contributed by atoms with E-state index in [1.165, 1.54) is 0 Å². The predicted octanol–water partition coefficient (Wildman–Crippen LogP) is 2.32. The number of aromatic nitrogens is 1. The Balaban J connectivity index is 1.97. The van der Waals surface area contributed by atoms with Crippen LogP contribution in [0.2, 0.25) is 0 Å². The third-order valence-corrected chi connectivity index (χ3v) is 6.23. The molecule has 6 heteroatoms. The van der Waals surface area contributed by atoms with Crippen molar-refractivity contribution >= 4 is 26.4 Å². The summed E-state index contributed by atoms with van der Waals surface area (Å²) >= 11 is 0. The van der Waals surface area contributed by atoms with Gasteiger partial charge in [-0.15, -0.1) is 0 Å². The number of ether oxygens (including phenoxy) is 1. The molecule has 1 N–H and O–H groups in total. The molecule has 4 rings (SSSR count). The fraction of sp³-hybridized carbons (Fsp3) is 0.211. The Morgan fingerprint density at radius 2 is 1.60 bits per heavy atom. The lowest BCUT2D eigenvalue weighted by atomic mass is 10.1. The number of pyridine rings is 1. The van der Waals surface area contributed by atoms with Crippen molar-refractivity contribution in [2.75, 3.05) is 31.2 Å². The second-order valence-electron chi connectivity index (χ2n) is 5.96. The average molecular weight is 355 g/mol. The normalized spacial score (nSPS) is 15.4. The molecule has 0 aliphatic carbocycles. The van der Waals surface area contributed by atoms with E-state index < -0.39 is 9.84 Å². The van der Waals surface area contributed by atoms with Gasteiger partial charge >= 0.3 is 0 Å². The van der Waals surface area contributed by atoms with Crippen LogP contribution >= 0.6 is 0 Å². The van der Waals surface area contributed by atoms with Gasteiger partial charge in [-0.3, -0.25) is 0 Å². The molecule has 1 aliphatic rings. The number of anilines is 1. The lowest BCUT2D eigenvalue weighted by Gasteiger charge is -2.30. The van der Waals surface area contributed by atoms with E-state index in [-0.39, 0.29) is 0 Å². The van der Waals surface area contributed by atoms with Gasteiger partial charge in [-0.05, 0) is 18.2 Å². The van der Waals surface area contributed by atoms with Gasteiger partial charge in [0.15, 0.2) is 11.1 Å². The first-order valence-electron chi connectivity index (χ1n) is 8.24. The molecule has 25 heavy (non-hydrogen) atoms. The minimum absolute atomic E-state index is 0.299. The zero-order valence-electron chi connectivity index (χ0n) is 13.7. The molecule has 0 saturated carbocycles. The van der Waals surface area contributed by atoms with E-state index in [4.69, 9.17) is 4.74 Å². The molecule has 3 aromatic rings. The van der Waals surface area contributed by atoms with Gasteiger partial charge < -0.3 is 9.64 Å². The molecule has 2 heterocycles. The molecule has 1 saturated heterocycles. The van der Waals surface area contributed by atoms with Crippen molar-refractivity contribution in [1.29, 1.82) is 0 Å². The molecule has 2 aromatic carbocycles. The van der Waals surface area contributed by atoms with Gasteiger partial charge in [-0.2, -0.15) is 0 Å². The minimum Gasteiger partial charge on any atom is -0.378 e. The van der Waals surface area contributed by atoms with Crippen LogP contribution in [0, 0.1) is 0 Å². The van der Waals surface area contributed by atoms with E-state index in [9.17, 15) is 8.42 Å². The number of aromatic amines is 1. The summed E-state index contributed by atoms with van der Waals surface area (Å²) < 4.78 is 32.0. The van der Waals surface area contributed by atoms with Crippen LogP contribution in [0.5, 0.6) is 0 Å². The molecule has 5 nitrogen and oxygen atoms in total. The molecule has 128 valence electrons. The maximum atomic E-state index is 13.3. The van der Waals surface area contributed by atoms with Gasteiger partial charge in [-0.25, -0.2) is 13.4 Å². The Morgan fingerprint density at radius 1 is 0.920 bits per heavy atom. The summed E-state index contributed by atoms with van der Waals surface area (Å²) in [4.78, 5) is 5.85. The lowest BCUT2D eigenvalue weighted by Crippen LogP contribution is -2.37. The highest BCUT2D eigenvalue weighted by Crippen LogP contribution is 2.34. The first-order chi connectivity index (χ1) is 12.2. The van der Waals surface area contributed by atoms with Crippen molar-refractivity contribution in [3.8, 4) is 0 Å². The fourth-order valence-electron chi connectivity index (χ4n) is 3.20. The van der Waals surface area contributed by atoms with Gasteiger partial charge in [0.1, 0.15) is 0 Å². The highest BCUT2D eigenvalue weighted by Gasteiger charge is 2.29. The molecule has 1 aliphatic heterocycles. The number of benzene rings is 2. The number of hydrogen-bond donors (Lipinski definition) is 0. The molecular formula is C19H19N2O3S+. The summed E-state index contributed by atoms with van der Waals surface area (Å²) in [6.07, 6.45) is 1.61. The molecule has 0 amide bonds. The summed E-state index contributed by atoms with van der Waals surface area (Å²) in [5.41, 5.74) is 1.66. The summed E-state index contributed by atoms with van der Waals surface area (Å²) in [7, 11) is -3.62. The van der Waals surface area contributed by atoms with E-state index in [1.54, 1.807) is 30.5 Å². The molecule has 1 fully saturated rings. The molecule has 0 spiro atoms. The summed E-state index contributed by atoms with van der Waals surface area (Å²) in [5, 5.41) is 0.904. The van der Waals surface area contributed by atoms with Crippen LogP contribution < -0.4 is 9.88 Å². The van der Waals surface area contributed by atoms with Crippen LogP contribution in [-0.2, 0) is 14.6 Å². The van der Waals surface area contributed by atoms with Crippen molar-refractivity contribution < 1.29 is 18.1 Å². The average Bonchev–Trinajstić information content (AvgIpc) is 2.68. The molecule has 1 aromatic heterocycles. The number of morpholine rings is 1. The monoisotopic (exact) mass is 355 g/mol. The summed E-state index contributed by atoms with van der Waals surface area (Å²) in [5.74, 6) is 0. The third kappa shape index (κ3) is 2.88. The van der Waals surface area contributed by atoms with Gasteiger partial charge in [-0.1, -0.05) is 30.3 Å². The van der Waals surface area contributed by atoms with Crippen LogP contribution in [0.15, 0.2) is 70.6 Å². The first kappa shape index (κ1) is 16.1. The number of hydrogen-bond acceptors (Lipinski definition) is 4. The Labute approximate surface area is 146 Å². The van der Waals surface area contributed by atoms with E-state index in [0.717, 1.165) is 16.6 Å². The third-order valence-electron chi connectivity index (χ3n) is 4.44. The Bertz CT molecular complexity index is 998. The van der Waals surface area contributed by atoms with E-state index >= 15 is 0 Å². The topological polar surface area (TPSA) is 60.8 Å². The summed E-state index contributed by atoms with van der Waals surface area (Å²) in [6, 6.07) is 16.3. The maximum absolute atomic E-state index is 13.3. The van der Waals surface area contributed by atoms with Crippen molar-refractivity contribution in [2.24, 2.45) is 0 Å². The van der Waals surface area contributed by atoms with E-state index in [0.29, 0.717) is 36.1 Å². The van der Waals surface area contributed by atoms with Crippen LogP contribution in [0.3, 0.4) is 0 Å². The highest BCUT2D eigenvalue weighted by molar-refractivity contribution is 7.91. The number of fused-ring (bicyclic) bond motifs is 1. The van der Waals surface area contributed by atoms with Gasteiger partial charge in [0.2, 0.25) is 15.4 Å². The number of H-pyrrole nitrogens is 1. The standard InChI is InChI=1S/C19H18N2O3S/c22-25(23,15-6-2-1-3-7-15)18-14-20-17-9-5-4-8-16(17)19(18)21-10-12-24-13-11-21/h1-9,14H,10-13H2/p+1. The minimum atomic E-state index is -3.62. The second-order valence-corrected chi connectivity index (χ2v) is 7.88. The smallest absolute Gasteiger partial charge is 0.214 e. The number of sulfone groups is 1. The zero-order valence-corrected chi connectivity index (χ0v) is 14.5. The van der Waals surface area contributed by atoms with Crippen LogP contribution in [0.4, 0.5) is 5.69 Å². The fourth-order valence-corrected chi connectivity index (χ4v) is 4.68. The van der Waals surface area contributed by atoms with Crippen LogP contribution in [-0.4, -0.2) is 34.7 Å². The molecule has 0 atom stereocenters. The van der Waals surface area contributed by atoms with Crippen molar-refractivity contribution in [2.45, 2.75) is 9.79 Å². The number of nitrogens with one attached hydrogen (secondary N) is 1. The lowest BCUT2D eigenvalue weighted by molar-refractivity contribution is -0.347. The van der Waals surface area contributed by atoms with E-state index in [2.05, 4.69) is 9.88 Å². The quantitative estimate of drug-likeness (QED) is 0.723. The Morgan fingerprint density at radius 3 is 2.36 bits per heavy atom. The molecular weight excluding hydrogens is 336 g/mol. The SMILES string of the molecule is O=S(=O)(c1ccccc1)c1c[nH+]c2ccccc2c1N1CCOCC1. The number of rotatable bonds is 3. The Kier molecular flexibility index (Phi) is 4.15. The summed E-state index contributed by atoms with van der Waals surface area (Å²) in [6.45, 7) is 2.53. The molecule has 0 unspecified atom stereocenters. The number of para-hydroxylation sites is 1. The highest BCUT2D eigenvalue weighted by atomic mass is 32.2. The van der Waals surface area contributed by atoms with Crippen molar-refractivity contribution in [3.05, 3.63) is 60.8 Å². The predicted molar refractivity (Wildman–Crippen MR) is 95.4 cm³/mol. The van der Waals surface area contributed by atoms with E-state index in [1.807, 2.05) is 30.3 Å². The van der Waals surface area contributed by atoms with Gasteiger partial charge in [0, 0.05) is 19.2 Å². The van der Waals surface area contributed by atoms with Crippen molar-refractivity contribution in [1.82, 2.24) is 0 Å². The number of nitrogens with zero attached hydrogens (tertiary/aromatic N) is 1. The first-order valence-corrected chi connectivity index (χ1v) is 9.72.